The van der Waals surface area contributed by atoms with Crippen molar-refractivity contribution in [3.05, 3.63) is 35.6 Å². The predicted molar refractivity (Wildman–Crippen MR) is 98.5 cm³/mol. The highest BCUT2D eigenvalue weighted by Crippen LogP contribution is 2.48. The molecule has 0 aliphatic carbocycles. The van der Waals surface area contributed by atoms with Gasteiger partial charge in [0.25, 0.3) is 0 Å². The van der Waals surface area contributed by atoms with Gasteiger partial charge in [0.05, 0.1) is 37.1 Å². The molecule has 0 unspecified atom stereocenters. The number of benzene rings is 1. The van der Waals surface area contributed by atoms with Crippen molar-refractivity contribution in [1.29, 1.82) is 0 Å². The molecule has 0 bridgehead atoms. The van der Waals surface area contributed by atoms with E-state index in [1.807, 2.05) is 12.1 Å². The highest BCUT2D eigenvalue weighted by atomic mass is 35.5. The standard InChI is InChI=1S/C17H14ClN3O3S/c1-22-11-6-9-7-12(25-17(9)16(24-3)15(11)23-2)10-8-19-14-5-4-13(18)20-21(10)14/h4-8H,1-3H3. The van der Waals surface area contributed by atoms with Gasteiger partial charge in [0.15, 0.2) is 17.1 Å². The monoisotopic (exact) mass is 375 g/mol. The summed E-state index contributed by atoms with van der Waals surface area (Å²) >= 11 is 7.60. The molecule has 8 heteroatoms. The van der Waals surface area contributed by atoms with Gasteiger partial charge in [-0.2, -0.15) is 5.10 Å². The number of methoxy groups -OCH3 is 3. The van der Waals surface area contributed by atoms with E-state index in [0.717, 1.165) is 26.3 Å². The molecule has 0 aliphatic rings. The molecule has 0 saturated heterocycles. The van der Waals surface area contributed by atoms with Crippen LogP contribution in [-0.2, 0) is 0 Å². The topological polar surface area (TPSA) is 57.9 Å². The molecule has 0 spiro atoms. The van der Waals surface area contributed by atoms with Gasteiger partial charge in [-0.25, -0.2) is 9.50 Å². The van der Waals surface area contributed by atoms with E-state index in [0.29, 0.717) is 22.4 Å². The Labute approximate surface area is 152 Å². The molecule has 4 rings (SSSR count). The molecule has 0 amide bonds. The fourth-order valence-corrected chi connectivity index (χ4v) is 4.08. The molecular weight excluding hydrogens is 362 g/mol. The van der Waals surface area contributed by atoms with Crippen LogP contribution in [0.15, 0.2) is 30.5 Å². The largest absolute Gasteiger partial charge is 0.493 e. The van der Waals surface area contributed by atoms with Gasteiger partial charge in [0.2, 0.25) is 5.75 Å². The first-order valence-electron chi connectivity index (χ1n) is 7.39. The second-order valence-electron chi connectivity index (χ2n) is 5.24. The van der Waals surface area contributed by atoms with Gasteiger partial charge in [-0.1, -0.05) is 11.6 Å². The number of imidazole rings is 1. The molecule has 4 aromatic rings. The van der Waals surface area contributed by atoms with Crippen molar-refractivity contribution < 1.29 is 14.2 Å². The van der Waals surface area contributed by atoms with E-state index in [2.05, 4.69) is 16.1 Å². The molecule has 25 heavy (non-hydrogen) atoms. The molecular formula is C17H14ClN3O3S. The van der Waals surface area contributed by atoms with Crippen LogP contribution in [0.25, 0.3) is 26.3 Å². The van der Waals surface area contributed by atoms with Crippen LogP contribution in [0.2, 0.25) is 5.15 Å². The Morgan fingerprint density at radius 3 is 2.56 bits per heavy atom. The molecule has 0 N–H and O–H groups in total. The van der Waals surface area contributed by atoms with Crippen LogP contribution in [0.1, 0.15) is 0 Å². The number of ether oxygens (including phenoxy) is 3. The fraction of sp³-hybridized carbons (Fsp3) is 0.176. The van der Waals surface area contributed by atoms with Gasteiger partial charge in [-0.3, -0.25) is 0 Å². The summed E-state index contributed by atoms with van der Waals surface area (Å²) in [7, 11) is 4.82. The molecule has 0 saturated carbocycles. The van der Waals surface area contributed by atoms with Crippen LogP contribution in [0, 0.1) is 0 Å². The first-order chi connectivity index (χ1) is 12.2. The minimum atomic E-state index is 0.411. The van der Waals surface area contributed by atoms with E-state index < -0.39 is 0 Å². The lowest BCUT2D eigenvalue weighted by molar-refractivity contribution is 0.327. The minimum absolute atomic E-state index is 0.411. The van der Waals surface area contributed by atoms with E-state index in [9.17, 15) is 0 Å². The summed E-state index contributed by atoms with van der Waals surface area (Å²) in [5, 5.41) is 5.74. The lowest BCUT2D eigenvalue weighted by atomic mass is 10.2. The number of hydrogen-bond acceptors (Lipinski definition) is 6. The van der Waals surface area contributed by atoms with Crippen molar-refractivity contribution >= 4 is 38.7 Å². The summed E-state index contributed by atoms with van der Waals surface area (Å²) in [6, 6.07) is 7.53. The van der Waals surface area contributed by atoms with Crippen molar-refractivity contribution in [1.82, 2.24) is 14.6 Å². The summed E-state index contributed by atoms with van der Waals surface area (Å²) in [5.74, 6) is 1.84. The molecule has 128 valence electrons. The maximum atomic E-state index is 6.03. The lowest BCUT2D eigenvalue weighted by Crippen LogP contribution is -1.94. The van der Waals surface area contributed by atoms with Crippen molar-refractivity contribution in [2.45, 2.75) is 0 Å². The van der Waals surface area contributed by atoms with Crippen molar-refractivity contribution in [2.24, 2.45) is 0 Å². The second-order valence-corrected chi connectivity index (χ2v) is 6.68. The van der Waals surface area contributed by atoms with Crippen LogP contribution in [-0.4, -0.2) is 35.9 Å². The molecule has 0 atom stereocenters. The maximum Gasteiger partial charge on any atom is 0.204 e. The number of hydrogen-bond donors (Lipinski definition) is 0. The molecule has 3 heterocycles. The smallest absolute Gasteiger partial charge is 0.204 e. The Morgan fingerprint density at radius 1 is 1.04 bits per heavy atom. The summed E-state index contributed by atoms with van der Waals surface area (Å²) in [6.07, 6.45) is 1.78. The number of fused-ring (bicyclic) bond motifs is 2. The fourth-order valence-electron chi connectivity index (χ4n) is 2.79. The zero-order chi connectivity index (χ0) is 17.6. The van der Waals surface area contributed by atoms with Crippen LogP contribution in [0.5, 0.6) is 17.2 Å². The number of thiophene rings is 1. The molecule has 6 nitrogen and oxygen atoms in total. The summed E-state index contributed by atoms with van der Waals surface area (Å²) in [4.78, 5) is 5.38. The molecule has 1 aromatic carbocycles. The minimum Gasteiger partial charge on any atom is -0.493 e. The van der Waals surface area contributed by atoms with E-state index >= 15 is 0 Å². The second kappa shape index (κ2) is 6.09. The Kier molecular flexibility index (Phi) is 3.89. The quantitative estimate of drug-likeness (QED) is 0.532. The first kappa shape index (κ1) is 16.0. The van der Waals surface area contributed by atoms with E-state index in [-0.39, 0.29) is 0 Å². The van der Waals surface area contributed by atoms with Crippen LogP contribution in [0.3, 0.4) is 0 Å². The summed E-state index contributed by atoms with van der Waals surface area (Å²) < 4.78 is 19.2. The van der Waals surface area contributed by atoms with Gasteiger partial charge in [-0.05, 0) is 24.3 Å². The number of nitrogens with zero attached hydrogens (tertiary/aromatic N) is 3. The van der Waals surface area contributed by atoms with Gasteiger partial charge in [0.1, 0.15) is 10.8 Å². The maximum absolute atomic E-state index is 6.03. The first-order valence-corrected chi connectivity index (χ1v) is 8.59. The van der Waals surface area contributed by atoms with E-state index in [4.69, 9.17) is 25.8 Å². The predicted octanol–water partition coefficient (Wildman–Crippen LogP) is 4.29. The van der Waals surface area contributed by atoms with Gasteiger partial charge >= 0.3 is 0 Å². The average Bonchev–Trinajstić information content (AvgIpc) is 3.22. The third-order valence-corrected chi connectivity index (χ3v) is 5.27. The normalized spacial score (nSPS) is 11.2. The van der Waals surface area contributed by atoms with Gasteiger partial charge in [0, 0.05) is 5.39 Å². The third kappa shape index (κ3) is 2.47. The zero-order valence-corrected chi connectivity index (χ0v) is 15.3. The Morgan fingerprint density at radius 2 is 1.84 bits per heavy atom. The van der Waals surface area contributed by atoms with Crippen molar-refractivity contribution in [2.75, 3.05) is 21.3 Å². The summed E-state index contributed by atoms with van der Waals surface area (Å²) in [5.41, 5.74) is 1.60. The number of halogens is 1. The van der Waals surface area contributed by atoms with Crippen LogP contribution >= 0.6 is 22.9 Å². The van der Waals surface area contributed by atoms with Gasteiger partial charge in [-0.15, -0.1) is 11.3 Å². The summed E-state index contributed by atoms with van der Waals surface area (Å²) in [6.45, 7) is 0. The molecule has 0 aliphatic heterocycles. The number of aromatic nitrogens is 3. The Hall–Kier alpha value is -2.51. The van der Waals surface area contributed by atoms with E-state index in [1.54, 1.807) is 49.4 Å². The zero-order valence-electron chi connectivity index (χ0n) is 13.7. The number of rotatable bonds is 4. The molecule has 3 aromatic heterocycles. The SMILES string of the molecule is COc1cc2cc(-c3cnc4ccc(Cl)nn34)sc2c(OC)c1OC. The average molecular weight is 376 g/mol. The highest BCUT2D eigenvalue weighted by molar-refractivity contribution is 7.22. The Balaban J connectivity index is 1.98. The molecule has 0 fully saturated rings. The van der Waals surface area contributed by atoms with Crippen LogP contribution in [0.4, 0.5) is 0 Å². The van der Waals surface area contributed by atoms with Crippen molar-refractivity contribution in [3.63, 3.8) is 0 Å². The van der Waals surface area contributed by atoms with E-state index in [1.165, 1.54) is 0 Å². The third-order valence-electron chi connectivity index (χ3n) is 3.89. The van der Waals surface area contributed by atoms with Crippen molar-refractivity contribution in [3.8, 4) is 27.8 Å². The lowest BCUT2D eigenvalue weighted by Gasteiger charge is -2.12. The highest BCUT2D eigenvalue weighted by Gasteiger charge is 2.20. The van der Waals surface area contributed by atoms with Crippen LogP contribution < -0.4 is 14.2 Å². The van der Waals surface area contributed by atoms with Gasteiger partial charge < -0.3 is 14.2 Å². The Bertz CT molecular complexity index is 1090. The molecule has 0 radical (unpaired) electrons.